The topological polar surface area (TPSA) is 70.4 Å². The lowest BCUT2D eigenvalue weighted by molar-refractivity contribution is -0.596. The molecule has 6 nitrogen and oxygen atoms in total. The third-order valence-electron chi connectivity index (χ3n) is 5.28. The Bertz CT molecular complexity index is 1110. The molecular formula is C25H24N3O3+. The largest absolute Gasteiger partial charge is 0.497 e. The van der Waals surface area contributed by atoms with E-state index in [4.69, 9.17) is 4.74 Å². The van der Waals surface area contributed by atoms with E-state index < -0.39 is 12.1 Å². The lowest BCUT2D eigenvalue weighted by Crippen LogP contribution is -2.42. The second kappa shape index (κ2) is 8.83. The first kappa shape index (κ1) is 20.3. The number of methoxy groups -OCH3 is 1. The molecule has 3 aromatic rings. The summed E-state index contributed by atoms with van der Waals surface area (Å²) in [4.78, 5) is 25.7. The molecule has 2 atom stereocenters. The Labute approximate surface area is 181 Å². The van der Waals surface area contributed by atoms with Crippen LogP contribution < -0.4 is 15.5 Å². The zero-order valence-corrected chi connectivity index (χ0v) is 17.4. The fourth-order valence-electron chi connectivity index (χ4n) is 3.61. The number of aryl methyl sites for hydroxylation is 1. The molecule has 0 aromatic heterocycles. The number of benzene rings is 3. The SMILES string of the molecule is COc1ccc(/C=[N+]2\NC(=O)[C@H](NC(=O)c3ccc(C)cc3)[C@@H]2c2ccccc2)cc1. The molecule has 156 valence electrons. The van der Waals surface area contributed by atoms with Gasteiger partial charge in [0.1, 0.15) is 5.75 Å². The van der Waals surface area contributed by atoms with E-state index in [1.54, 1.807) is 23.9 Å². The van der Waals surface area contributed by atoms with Crippen molar-refractivity contribution in [1.29, 1.82) is 0 Å². The number of rotatable bonds is 5. The fraction of sp³-hybridized carbons (Fsp3) is 0.160. The predicted octanol–water partition coefficient (Wildman–Crippen LogP) is 3.02. The van der Waals surface area contributed by atoms with Crippen molar-refractivity contribution in [2.75, 3.05) is 7.11 Å². The zero-order valence-electron chi connectivity index (χ0n) is 17.4. The van der Waals surface area contributed by atoms with Crippen molar-refractivity contribution in [3.05, 3.63) is 101 Å². The van der Waals surface area contributed by atoms with E-state index in [1.165, 1.54) is 0 Å². The molecule has 1 fully saturated rings. The molecule has 1 aliphatic rings. The lowest BCUT2D eigenvalue weighted by Gasteiger charge is -2.14. The number of nitrogens with one attached hydrogen (secondary N) is 2. The van der Waals surface area contributed by atoms with Gasteiger partial charge in [0.25, 0.3) is 5.91 Å². The summed E-state index contributed by atoms with van der Waals surface area (Å²) in [5, 5.41) is 2.91. The molecule has 0 saturated carbocycles. The molecule has 0 spiro atoms. The third kappa shape index (κ3) is 4.48. The van der Waals surface area contributed by atoms with Gasteiger partial charge >= 0.3 is 5.91 Å². The van der Waals surface area contributed by atoms with Gasteiger partial charge in [0, 0.05) is 16.7 Å². The van der Waals surface area contributed by atoms with E-state index >= 15 is 0 Å². The Morgan fingerprint density at radius 3 is 2.32 bits per heavy atom. The smallest absolute Gasteiger partial charge is 0.304 e. The summed E-state index contributed by atoms with van der Waals surface area (Å²) in [6.45, 7) is 1.96. The number of hydrazine groups is 1. The Kier molecular flexibility index (Phi) is 5.80. The monoisotopic (exact) mass is 414 g/mol. The van der Waals surface area contributed by atoms with Crippen LogP contribution in [-0.2, 0) is 4.79 Å². The Morgan fingerprint density at radius 1 is 1.00 bits per heavy atom. The minimum absolute atomic E-state index is 0.265. The Balaban J connectivity index is 1.66. The van der Waals surface area contributed by atoms with Crippen LogP contribution in [0.5, 0.6) is 5.75 Å². The first-order chi connectivity index (χ1) is 15.0. The minimum Gasteiger partial charge on any atom is -0.497 e. The molecule has 0 unspecified atom stereocenters. The molecule has 1 aliphatic heterocycles. The fourth-order valence-corrected chi connectivity index (χ4v) is 3.61. The van der Waals surface area contributed by atoms with Crippen molar-refractivity contribution < 1.29 is 19.0 Å². The summed E-state index contributed by atoms with van der Waals surface area (Å²) in [5.74, 6) is 0.205. The van der Waals surface area contributed by atoms with Crippen LogP contribution in [0, 0.1) is 6.92 Å². The maximum absolute atomic E-state index is 12.9. The third-order valence-corrected chi connectivity index (χ3v) is 5.28. The number of hydrogen-bond acceptors (Lipinski definition) is 3. The zero-order chi connectivity index (χ0) is 21.8. The summed E-state index contributed by atoms with van der Waals surface area (Å²) >= 11 is 0. The molecule has 0 aliphatic carbocycles. The van der Waals surface area contributed by atoms with Crippen LogP contribution in [0.4, 0.5) is 0 Å². The van der Waals surface area contributed by atoms with Crippen molar-refractivity contribution in [2.24, 2.45) is 0 Å². The van der Waals surface area contributed by atoms with Crippen LogP contribution in [-0.4, -0.2) is 35.9 Å². The molecular weight excluding hydrogens is 390 g/mol. The Morgan fingerprint density at radius 2 is 1.68 bits per heavy atom. The van der Waals surface area contributed by atoms with Crippen molar-refractivity contribution in [2.45, 2.75) is 19.0 Å². The number of ether oxygens (including phenoxy) is 1. The highest BCUT2D eigenvalue weighted by atomic mass is 16.5. The standard InChI is InChI=1S/C25H23N3O3/c1-17-8-12-20(13-9-17)24(29)26-22-23(19-6-4-3-5-7-19)28(27-25(22)30)16-18-10-14-21(31-2)15-11-18/h3-16,22-23H,1-2H3,(H-,26,27,29,30)/p+1/b28-16-/t22-,23+/m1/s1. The van der Waals surface area contributed by atoms with Crippen LogP contribution in [0.15, 0.2) is 78.9 Å². The second-order valence-electron chi connectivity index (χ2n) is 7.46. The van der Waals surface area contributed by atoms with Crippen molar-refractivity contribution in [1.82, 2.24) is 10.7 Å². The molecule has 0 bridgehead atoms. The predicted molar refractivity (Wildman–Crippen MR) is 118 cm³/mol. The van der Waals surface area contributed by atoms with Crippen molar-refractivity contribution >= 4 is 18.0 Å². The molecule has 31 heavy (non-hydrogen) atoms. The molecule has 6 heteroatoms. The summed E-state index contributed by atoms with van der Waals surface area (Å²) in [7, 11) is 1.62. The number of carbonyl (C=O) groups excluding carboxylic acids is 2. The number of nitrogens with zero attached hydrogens (tertiary/aromatic N) is 1. The van der Waals surface area contributed by atoms with Crippen molar-refractivity contribution in [3.63, 3.8) is 0 Å². The molecule has 2 amide bonds. The maximum atomic E-state index is 12.9. The number of hydrogen-bond donors (Lipinski definition) is 2. The summed E-state index contributed by atoms with van der Waals surface area (Å²) in [5.41, 5.74) is 6.28. The van der Waals surface area contributed by atoms with E-state index in [0.717, 1.165) is 22.4 Å². The average Bonchev–Trinajstić information content (AvgIpc) is 3.09. The number of amides is 2. The van der Waals surface area contributed by atoms with E-state index in [1.807, 2.05) is 79.9 Å². The van der Waals surface area contributed by atoms with E-state index in [-0.39, 0.29) is 11.8 Å². The quantitative estimate of drug-likeness (QED) is 0.631. The van der Waals surface area contributed by atoms with Gasteiger partial charge in [-0.3, -0.25) is 9.59 Å². The highest BCUT2D eigenvalue weighted by molar-refractivity contribution is 5.98. The van der Waals surface area contributed by atoms with Gasteiger partial charge in [0.2, 0.25) is 12.3 Å². The molecule has 0 radical (unpaired) electrons. The molecule has 4 rings (SSSR count). The van der Waals surface area contributed by atoms with Gasteiger partial charge in [0.15, 0.2) is 6.04 Å². The van der Waals surface area contributed by atoms with Gasteiger partial charge in [0.05, 0.1) is 7.11 Å². The van der Waals surface area contributed by atoms with Crippen LogP contribution in [0.1, 0.15) is 33.1 Å². The van der Waals surface area contributed by atoms with Crippen LogP contribution >= 0.6 is 0 Å². The first-order valence-corrected chi connectivity index (χ1v) is 10.1. The Hall–Kier alpha value is -3.93. The van der Waals surface area contributed by atoms with Gasteiger partial charge in [-0.15, -0.1) is 10.1 Å². The van der Waals surface area contributed by atoms with Gasteiger partial charge in [-0.25, -0.2) is 0 Å². The molecule has 3 aromatic carbocycles. The average molecular weight is 414 g/mol. The second-order valence-corrected chi connectivity index (χ2v) is 7.46. The summed E-state index contributed by atoms with van der Waals surface area (Å²) < 4.78 is 6.96. The highest BCUT2D eigenvalue weighted by Crippen LogP contribution is 2.25. The van der Waals surface area contributed by atoms with Crippen molar-refractivity contribution in [3.8, 4) is 5.75 Å². The van der Waals surface area contributed by atoms with Crippen LogP contribution in [0.3, 0.4) is 0 Å². The maximum Gasteiger partial charge on any atom is 0.304 e. The van der Waals surface area contributed by atoms with E-state index in [0.29, 0.717) is 5.56 Å². The molecule has 1 saturated heterocycles. The lowest BCUT2D eigenvalue weighted by atomic mass is 9.99. The van der Waals surface area contributed by atoms with Gasteiger partial charge in [-0.05, 0) is 43.3 Å². The summed E-state index contributed by atoms with van der Waals surface area (Å²) in [6.07, 6.45) is 1.85. The molecule has 1 heterocycles. The van der Waals surface area contributed by atoms with Gasteiger partial charge < -0.3 is 10.1 Å². The van der Waals surface area contributed by atoms with E-state index in [2.05, 4.69) is 10.7 Å². The number of carbonyl (C=O) groups is 2. The normalized spacial score (nSPS) is 19.2. The highest BCUT2D eigenvalue weighted by Gasteiger charge is 2.47. The van der Waals surface area contributed by atoms with Gasteiger partial charge in [-0.2, -0.15) is 0 Å². The van der Waals surface area contributed by atoms with Crippen LogP contribution in [0.25, 0.3) is 0 Å². The minimum atomic E-state index is -0.745. The van der Waals surface area contributed by atoms with Gasteiger partial charge in [-0.1, -0.05) is 48.0 Å². The van der Waals surface area contributed by atoms with Crippen LogP contribution in [0.2, 0.25) is 0 Å². The summed E-state index contributed by atoms with van der Waals surface area (Å²) in [6, 6.07) is 23.3. The first-order valence-electron chi connectivity index (χ1n) is 10.1. The number of hydrazone groups is 1. The molecule has 2 N–H and O–H groups in total. The van der Waals surface area contributed by atoms with E-state index in [9.17, 15) is 9.59 Å².